The first-order valence-electron chi connectivity index (χ1n) is 8.15. The molecule has 1 amide bonds. The average Bonchev–Trinajstić information content (AvgIpc) is 3.19. The van der Waals surface area contributed by atoms with Crippen molar-refractivity contribution in [2.24, 2.45) is 0 Å². The summed E-state index contributed by atoms with van der Waals surface area (Å²) in [5.41, 5.74) is 2.97. The molecule has 0 spiro atoms. The lowest BCUT2D eigenvalue weighted by molar-refractivity contribution is -0.122. The largest absolute Gasteiger partial charge is 0.451 e. The number of carbonyl (C=O) groups excluding carboxylic acids is 2. The number of amides is 1. The number of aromatic amines is 1. The van der Waals surface area contributed by atoms with Gasteiger partial charge in [-0.2, -0.15) is 5.10 Å². The summed E-state index contributed by atoms with van der Waals surface area (Å²) in [6.07, 6.45) is 0.805. The number of esters is 1. The van der Waals surface area contributed by atoms with Crippen molar-refractivity contribution in [3.05, 3.63) is 59.8 Å². The number of H-pyrrole nitrogens is 1. The first-order chi connectivity index (χ1) is 12.1. The predicted molar refractivity (Wildman–Crippen MR) is 93.5 cm³/mol. The molecule has 1 atom stereocenters. The minimum Gasteiger partial charge on any atom is -0.451 e. The van der Waals surface area contributed by atoms with Crippen LogP contribution in [0.15, 0.2) is 48.5 Å². The zero-order chi connectivity index (χ0) is 17.4. The maximum Gasteiger partial charge on any atom is 0.359 e. The monoisotopic (exact) mass is 335 g/mol. The third-order valence-corrected chi connectivity index (χ3v) is 4.47. The Kier molecular flexibility index (Phi) is 3.72. The van der Waals surface area contributed by atoms with Gasteiger partial charge in [-0.25, -0.2) is 4.79 Å². The number of para-hydroxylation sites is 2. The summed E-state index contributed by atoms with van der Waals surface area (Å²) < 4.78 is 5.22. The molecule has 1 unspecified atom stereocenters. The molecule has 1 aliphatic rings. The van der Waals surface area contributed by atoms with Crippen molar-refractivity contribution < 1.29 is 14.3 Å². The van der Waals surface area contributed by atoms with Crippen LogP contribution in [0.5, 0.6) is 0 Å². The Morgan fingerprint density at radius 2 is 1.96 bits per heavy atom. The third kappa shape index (κ3) is 2.65. The number of aromatic nitrogens is 2. The van der Waals surface area contributed by atoms with Crippen LogP contribution in [0.25, 0.3) is 10.9 Å². The smallest absolute Gasteiger partial charge is 0.359 e. The van der Waals surface area contributed by atoms with Gasteiger partial charge in [0.1, 0.15) is 0 Å². The second-order valence-electron chi connectivity index (χ2n) is 6.14. The van der Waals surface area contributed by atoms with Crippen LogP contribution in [0, 0.1) is 0 Å². The van der Waals surface area contributed by atoms with E-state index in [-0.39, 0.29) is 24.2 Å². The highest BCUT2D eigenvalue weighted by Crippen LogP contribution is 2.31. The number of rotatable bonds is 3. The zero-order valence-electron chi connectivity index (χ0n) is 13.7. The second-order valence-corrected chi connectivity index (χ2v) is 6.14. The van der Waals surface area contributed by atoms with Gasteiger partial charge in [-0.05, 0) is 31.0 Å². The highest BCUT2D eigenvalue weighted by molar-refractivity contribution is 6.03. The Morgan fingerprint density at radius 1 is 1.20 bits per heavy atom. The van der Waals surface area contributed by atoms with Crippen LogP contribution in [0.1, 0.15) is 23.0 Å². The molecule has 2 heterocycles. The summed E-state index contributed by atoms with van der Waals surface area (Å²) in [4.78, 5) is 26.6. The molecule has 0 radical (unpaired) electrons. The van der Waals surface area contributed by atoms with Crippen LogP contribution in [0.4, 0.5) is 5.69 Å². The van der Waals surface area contributed by atoms with Crippen LogP contribution >= 0.6 is 0 Å². The molecule has 2 aromatic carbocycles. The molecule has 1 aromatic heterocycles. The van der Waals surface area contributed by atoms with E-state index in [1.807, 2.05) is 49.4 Å². The van der Waals surface area contributed by atoms with Crippen molar-refractivity contribution in [2.45, 2.75) is 19.4 Å². The summed E-state index contributed by atoms with van der Waals surface area (Å²) in [5.74, 6) is -0.837. The van der Waals surface area contributed by atoms with Gasteiger partial charge >= 0.3 is 5.97 Å². The van der Waals surface area contributed by atoms with Crippen molar-refractivity contribution in [3.8, 4) is 0 Å². The van der Waals surface area contributed by atoms with E-state index >= 15 is 0 Å². The number of benzene rings is 2. The maximum atomic E-state index is 12.6. The van der Waals surface area contributed by atoms with E-state index in [2.05, 4.69) is 10.2 Å². The predicted octanol–water partition coefficient (Wildman–Crippen LogP) is 2.70. The summed E-state index contributed by atoms with van der Waals surface area (Å²) in [7, 11) is 0. The number of anilines is 1. The van der Waals surface area contributed by atoms with Gasteiger partial charge < -0.3 is 9.64 Å². The average molecular weight is 335 g/mol. The van der Waals surface area contributed by atoms with Gasteiger partial charge in [0, 0.05) is 17.1 Å². The number of hydrogen-bond donors (Lipinski definition) is 1. The maximum absolute atomic E-state index is 12.6. The normalized spacial score (nSPS) is 16.0. The van der Waals surface area contributed by atoms with E-state index in [9.17, 15) is 9.59 Å². The van der Waals surface area contributed by atoms with Gasteiger partial charge in [0.15, 0.2) is 12.3 Å². The lowest BCUT2D eigenvalue weighted by Crippen LogP contribution is -2.38. The van der Waals surface area contributed by atoms with Crippen LogP contribution in [-0.2, 0) is 16.0 Å². The number of hydrogen-bond acceptors (Lipinski definition) is 4. The summed E-state index contributed by atoms with van der Waals surface area (Å²) in [6.45, 7) is 1.68. The van der Waals surface area contributed by atoms with Gasteiger partial charge in [0.25, 0.3) is 5.91 Å². The van der Waals surface area contributed by atoms with E-state index in [4.69, 9.17) is 4.74 Å². The quantitative estimate of drug-likeness (QED) is 0.747. The fourth-order valence-electron chi connectivity index (χ4n) is 3.33. The Balaban J connectivity index is 1.48. The van der Waals surface area contributed by atoms with Gasteiger partial charge in [0.2, 0.25) is 0 Å². The molecule has 25 heavy (non-hydrogen) atoms. The Labute approximate surface area is 144 Å². The standard InChI is InChI=1S/C19H17N3O3/c1-12-10-13-6-2-5-9-16(13)22(12)17(23)11-25-19(24)18-14-7-3-4-8-15(14)20-21-18/h2-9,12H,10-11H2,1H3,(H,20,21). The van der Waals surface area contributed by atoms with Crippen molar-refractivity contribution in [1.29, 1.82) is 0 Å². The van der Waals surface area contributed by atoms with Crippen LogP contribution in [0.2, 0.25) is 0 Å². The summed E-state index contributed by atoms with van der Waals surface area (Å²) in [5, 5.41) is 7.46. The van der Waals surface area contributed by atoms with Crippen LogP contribution in [-0.4, -0.2) is 34.7 Å². The van der Waals surface area contributed by atoms with E-state index < -0.39 is 5.97 Å². The van der Waals surface area contributed by atoms with Crippen LogP contribution in [0.3, 0.4) is 0 Å². The lowest BCUT2D eigenvalue weighted by atomic mass is 10.1. The third-order valence-electron chi connectivity index (χ3n) is 4.47. The van der Waals surface area contributed by atoms with E-state index in [1.54, 1.807) is 11.0 Å². The Hall–Kier alpha value is -3.15. The molecule has 1 N–H and O–H groups in total. The minimum atomic E-state index is -0.606. The molecule has 1 aliphatic heterocycles. The lowest BCUT2D eigenvalue weighted by Gasteiger charge is -2.22. The van der Waals surface area contributed by atoms with Gasteiger partial charge in [-0.3, -0.25) is 9.89 Å². The molecule has 4 rings (SSSR count). The molecule has 0 saturated heterocycles. The topological polar surface area (TPSA) is 75.3 Å². The zero-order valence-corrected chi connectivity index (χ0v) is 13.7. The molecular weight excluding hydrogens is 318 g/mol. The van der Waals surface area contributed by atoms with Crippen molar-refractivity contribution >= 4 is 28.5 Å². The van der Waals surface area contributed by atoms with E-state index in [0.717, 1.165) is 23.2 Å². The fourth-order valence-corrected chi connectivity index (χ4v) is 3.33. The molecule has 126 valence electrons. The first kappa shape index (κ1) is 15.4. The highest BCUT2D eigenvalue weighted by Gasteiger charge is 2.31. The number of carbonyl (C=O) groups is 2. The minimum absolute atomic E-state index is 0.0508. The molecule has 0 saturated carbocycles. The number of fused-ring (bicyclic) bond motifs is 2. The SMILES string of the molecule is CC1Cc2ccccc2N1C(=O)COC(=O)c1n[nH]c2ccccc12. The van der Waals surface area contributed by atoms with Gasteiger partial charge in [0.05, 0.1) is 5.52 Å². The van der Waals surface area contributed by atoms with Crippen molar-refractivity contribution in [1.82, 2.24) is 10.2 Å². The number of nitrogens with zero attached hydrogens (tertiary/aromatic N) is 2. The summed E-state index contributed by atoms with van der Waals surface area (Å²) >= 11 is 0. The molecule has 3 aromatic rings. The number of ether oxygens (including phenoxy) is 1. The van der Waals surface area contributed by atoms with Crippen molar-refractivity contribution in [3.63, 3.8) is 0 Å². The number of nitrogens with one attached hydrogen (secondary N) is 1. The molecule has 0 bridgehead atoms. The Morgan fingerprint density at radius 3 is 2.84 bits per heavy atom. The molecular formula is C19H17N3O3. The van der Waals surface area contributed by atoms with E-state index in [1.165, 1.54) is 0 Å². The molecule has 6 heteroatoms. The molecule has 0 fully saturated rings. The fraction of sp³-hybridized carbons (Fsp3) is 0.211. The summed E-state index contributed by atoms with van der Waals surface area (Å²) in [6, 6.07) is 15.1. The van der Waals surface area contributed by atoms with Crippen molar-refractivity contribution in [2.75, 3.05) is 11.5 Å². The first-order valence-corrected chi connectivity index (χ1v) is 8.15. The van der Waals surface area contributed by atoms with Gasteiger partial charge in [-0.1, -0.05) is 36.4 Å². The highest BCUT2D eigenvalue weighted by atomic mass is 16.5. The molecule has 6 nitrogen and oxygen atoms in total. The Bertz CT molecular complexity index is 963. The van der Waals surface area contributed by atoms with E-state index in [0.29, 0.717) is 5.39 Å². The van der Waals surface area contributed by atoms with Crippen LogP contribution < -0.4 is 4.90 Å². The van der Waals surface area contributed by atoms with Gasteiger partial charge in [-0.15, -0.1) is 0 Å². The second kappa shape index (κ2) is 6.05. The molecule has 0 aliphatic carbocycles.